The Labute approximate surface area is 607 Å². The molecule has 0 aromatic heterocycles. The second-order valence-electron chi connectivity index (χ2n) is 25.9. The third-order valence-electron chi connectivity index (χ3n) is 16.2. The number of hydrogen-bond acceptors (Lipinski definition) is 15. The summed E-state index contributed by atoms with van der Waals surface area (Å²) in [5.41, 5.74) is 0. The molecule has 3 N–H and O–H groups in total. The third kappa shape index (κ3) is 72.1. The average Bonchev–Trinajstić information content (AvgIpc) is 1.01. The van der Waals surface area contributed by atoms with E-state index in [9.17, 15) is 43.2 Å². The first-order valence-corrected chi connectivity index (χ1v) is 42.1. The van der Waals surface area contributed by atoms with Gasteiger partial charge < -0.3 is 33.8 Å². The molecular weight excluding hydrogens is 1310 g/mol. The molecule has 0 saturated heterocycles. The largest absolute Gasteiger partial charge is 0.472 e. The number of unbranched alkanes of at least 4 members (excludes halogenated alkanes) is 29. The zero-order chi connectivity index (χ0) is 73.2. The minimum atomic E-state index is -4.99. The lowest BCUT2D eigenvalue weighted by Crippen LogP contribution is -2.30. The predicted molar refractivity (Wildman–Crippen MR) is 408 cm³/mol. The quantitative estimate of drug-likeness (QED) is 0.0169. The molecule has 100 heavy (non-hydrogen) atoms. The van der Waals surface area contributed by atoms with Crippen LogP contribution in [0.2, 0.25) is 0 Å². The van der Waals surface area contributed by atoms with Gasteiger partial charge in [-0.3, -0.25) is 37.3 Å². The Bertz CT molecular complexity index is 2320. The van der Waals surface area contributed by atoms with E-state index in [1.807, 2.05) is 0 Å². The Kier molecular flexibility index (Phi) is 69.9. The first-order valence-electron chi connectivity index (χ1n) is 39.1. The lowest BCUT2D eigenvalue weighted by molar-refractivity contribution is -0.161. The van der Waals surface area contributed by atoms with Crippen LogP contribution in [0, 0.1) is 0 Å². The van der Waals surface area contributed by atoms with Crippen molar-refractivity contribution in [1.82, 2.24) is 0 Å². The molecule has 0 radical (unpaired) electrons. The van der Waals surface area contributed by atoms with Crippen molar-refractivity contribution in [3.05, 3.63) is 109 Å². The number of hydrogen-bond donors (Lipinski definition) is 3. The van der Waals surface area contributed by atoms with E-state index in [-0.39, 0.29) is 25.7 Å². The molecule has 19 heteroatoms. The molecule has 0 fully saturated rings. The molecule has 0 rings (SSSR count). The Balaban J connectivity index is 5.39. The zero-order valence-electron chi connectivity index (χ0n) is 62.8. The van der Waals surface area contributed by atoms with E-state index in [2.05, 4.69) is 137 Å². The zero-order valence-corrected chi connectivity index (χ0v) is 64.6. The third-order valence-corrected chi connectivity index (χ3v) is 18.1. The first-order chi connectivity index (χ1) is 48.7. The fourth-order valence-electron chi connectivity index (χ4n) is 10.3. The van der Waals surface area contributed by atoms with Crippen molar-refractivity contribution in [1.29, 1.82) is 0 Å². The smallest absolute Gasteiger partial charge is 0.462 e. The van der Waals surface area contributed by atoms with Crippen molar-refractivity contribution < 1.29 is 80.2 Å². The van der Waals surface area contributed by atoms with Gasteiger partial charge in [0.2, 0.25) is 0 Å². The number of phosphoric acid groups is 2. The van der Waals surface area contributed by atoms with E-state index >= 15 is 0 Å². The number of phosphoric ester groups is 2. The van der Waals surface area contributed by atoms with Crippen LogP contribution in [0.15, 0.2) is 109 Å². The number of rotatable bonds is 73. The van der Waals surface area contributed by atoms with Crippen molar-refractivity contribution in [2.45, 2.75) is 341 Å². The number of ether oxygens (including phenoxy) is 4. The maximum absolute atomic E-state index is 13.1. The molecule has 5 unspecified atom stereocenters. The van der Waals surface area contributed by atoms with E-state index in [0.717, 1.165) is 186 Å². The summed E-state index contributed by atoms with van der Waals surface area (Å²) in [5.74, 6) is -2.23. The van der Waals surface area contributed by atoms with Crippen LogP contribution in [0.3, 0.4) is 0 Å². The van der Waals surface area contributed by atoms with Crippen molar-refractivity contribution >= 4 is 39.5 Å². The normalized spacial score (nSPS) is 14.5. The summed E-state index contributed by atoms with van der Waals surface area (Å²) in [6.07, 6.45) is 77.8. The fraction of sp³-hybridized carbons (Fsp3) is 0.728. The first kappa shape index (κ1) is 95.7. The second kappa shape index (κ2) is 73.0. The summed E-state index contributed by atoms with van der Waals surface area (Å²) < 4.78 is 68.5. The summed E-state index contributed by atoms with van der Waals surface area (Å²) in [6.45, 7) is 4.58. The molecule has 0 spiro atoms. The van der Waals surface area contributed by atoms with Gasteiger partial charge in [0.1, 0.15) is 19.3 Å². The van der Waals surface area contributed by atoms with Crippen LogP contribution in [-0.4, -0.2) is 96.7 Å². The van der Waals surface area contributed by atoms with Crippen LogP contribution < -0.4 is 0 Å². The van der Waals surface area contributed by atoms with Gasteiger partial charge in [0.25, 0.3) is 0 Å². The average molecular weight is 1450 g/mol. The molecule has 0 aromatic rings. The Morgan fingerprint density at radius 3 is 0.830 bits per heavy atom. The Hall–Kier alpha value is -4.28. The highest BCUT2D eigenvalue weighted by Crippen LogP contribution is 2.45. The molecule has 0 aliphatic heterocycles. The van der Waals surface area contributed by atoms with Crippen LogP contribution in [0.4, 0.5) is 0 Å². The molecule has 0 aliphatic carbocycles. The minimum absolute atomic E-state index is 0.0699. The van der Waals surface area contributed by atoms with Crippen LogP contribution in [0.25, 0.3) is 0 Å². The van der Waals surface area contributed by atoms with Crippen molar-refractivity contribution in [3.8, 4) is 0 Å². The number of carbonyl (C=O) groups excluding carboxylic acids is 4. The topological polar surface area (TPSA) is 237 Å². The minimum Gasteiger partial charge on any atom is -0.462 e. The van der Waals surface area contributed by atoms with Gasteiger partial charge in [-0.1, -0.05) is 259 Å². The SMILES string of the molecule is CC/C=C\C/C=C\C/C=C\CCCCCCCC(=O)OCC(COP(=O)(O)OCC(O)COP(=O)(O)OCC(COC(=O)CCCCCCC/C=C\C/C=C\CCCCC)OC(=O)CCCCCCC/C=C\CCCCCCCC)OC(=O)CCCCCCC/C=C\C/C=C\C/C=C\CC. The predicted octanol–water partition coefficient (Wildman–Crippen LogP) is 22.6. The summed E-state index contributed by atoms with van der Waals surface area (Å²) in [6, 6.07) is 0. The molecule has 0 amide bonds. The molecule has 0 bridgehead atoms. The Morgan fingerprint density at radius 1 is 0.290 bits per heavy atom. The van der Waals surface area contributed by atoms with Gasteiger partial charge in [-0.05, 0) is 148 Å². The van der Waals surface area contributed by atoms with Gasteiger partial charge in [0.05, 0.1) is 26.4 Å². The molecule has 0 aromatic carbocycles. The summed E-state index contributed by atoms with van der Waals surface area (Å²) >= 11 is 0. The number of aliphatic hydroxyl groups is 1. The van der Waals surface area contributed by atoms with Crippen LogP contribution in [0.1, 0.15) is 323 Å². The van der Waals surface area contributed by atoms with Crippen LogP contribution in [0.5, 0.6) is 0 Å². The number of aliphatic hydroxyl groups excluding tert-OH is 1. The molecule has 0 heterocycles. The highest BCUT2D eigenvalue weighted by Gasteiger charge is 2.30. The monoisotopic (exact) mass is 1450 g/mol. The lowest BCUT2D eigenvalue weighted by Gasteiger charge is -2.21. The standard InChI is InChI=1S/C81H140O17P2/c1-5-9-13-17-21-25-29-33-37-41-45-49-53-57-61-65-78(83)91-71-76(97-80(85)67-63-59-55-51-47-43-39-35-31-27-23-19-15-11-7-3)73-95-99(87,88)93-69-75(82)70-94-100(89,90)96-74-77(98-81(86)68-64-60-56-52-48-44-40-36-32-28-24-20-16-12-8-4)72-92-79(84)66-62-58-54-50-46-42-38-34-30-26-22-18-14-10-6-2/h9,11,13,15,21-23,25-27,33-40,75-77,82H,5-8,10,12,14,16-20,24,28-32,41-74H2,1-4H3,(H,87,88)(H,89,90)/b13-9-,15-11-,25-21-,26-22-,27-23-,37-33-,38-34-,39-35-,40-36-. The van der Waals surface area contributed by atoms with Gasteiger partial charge >= 0.3 is 39.5 Å². The van der Waals surface area contributed by atoms with E-state index < -0.39 is 97.5 Å². The summed E-state index contributed by atoms with van der Waals surface area (Å²) in [5, 5.41) is 10.6. The number of carbonyl (C=O) groups is 4. The highest BCUT2D eigenvalue weighted by atomic mass is 31.2. The van der Waals surface area contributed by atoms with Crippen LogP contribution >= 0.6 is 15.6 Å². The van der Waals surface area contributed by atoms with Crippen molar-refractivity contribution in [3.63, 3.8) is 0 Å². The molecule has 0 saturated carbocycles. The maximum Gasteiger partial charge on any atom is 0.472 e. The highest BCUT2D eigenvalue weighted by molar-refractivity contribution is 7.47. The maximum atomic E-state index is 13.1. The summed E-state index contributed by atoms with van der Waals surface area (Å²) in [4.78, 5) is 72.9. The fourth-order valence-corrected chi connectivity index (χ4v) is 11.9. The number of allylic oxidation sites excluding steroid dienone is 18. The van der Waals surface area contributed by atoms with Crippen molar-refractivity contribution in [2.75, 3.05) is 39.6 Å². The van der Waals surface area contributed by atoms with Gasteiger partial charge in [0.15, 0.2) is 12.2 Å². The van der Waals surface area contributed by atoms with E-state index in [4.69, 9.17) is 37.0 Å². The van der Waals surface area contributed by atoms with E-state index in [1.54, 1.807) is 0 Å². The molecular formula is C81H140O17P2. The van der Waals surface area contributed by atoms with E-state index in [0.29, 0.717) is 25.7 Å². The van der Waals surface area contributed by atoms with Gasteiger partial charge in [-0.25, -0.2) is 9.13 Å². The second-order valence-corrected chi connectivity index (χ2v) is 28.8. The van der Waals surface area contributed by atoms with Crippen molar-refractivity contribution in [2.24, 2.45) is 0 Å². The molecule has 576 valence electrons. The summed E-state index contributed by atoms with van der Waals surface area (Å²) in [7, 11) is -9.97. The van der Waals surface area contributed by atoms with Gasteiger partial charge in [0, 0.05) is 25.7 Å². The Morgan fingerprint density at radius 2 is 0.520 bits per heavy atom. The van der Waals surface area contributed by atoms with Gasteiger partial charge in [-0.15, -0.1) is 0 Å². The van der Waals surface area contributed by atoms with Gasteiger partial charge in [-0.2, -0.15) is 0 Å². The van der Waals surface area contributed by atoms with E-state index in [1.165, 1.54) is 57.8 Å². The molecule has 17 nitrogen and oxygen atoms in total. The molecule has 0 aliphatic rings. The number of esters is 4. The molecule has 5 atom stereocenters. The lowest BCUT2D eigenvalue weighted by atomic mass is 10.1. The van der Waals surface area contributed by atoms with Crippen LogP contribution in [-0.2, 0) is 65.4 Å².